The lowest BCUT2D eigenvalue weighted by Crippen LogP contribution is -2.69. The van der Waals surface area contributed by atoms with Crippen molar-refractivity contribution in [2.45, 2.75) is 93.3 Å². The number of nitrogens with zero attached hydrogens (tertiary/aromatic N) is 1. The lowest BCUT2D eigenvalue weighted by molar-refractivity contribution is -0.180. The lowest BCUT2D eigenvalue weighted by Gasteiger charge is -2.44. The van der Waals surface area contributed by atoms with Crippen LogP contribution in [0.2, 0.25) is 0 Å². The second kappa shape index (κ2) is 16.1. The van der Waals surface area contributed by atoms with Crippen molar-refractivity contribution in [3.05, 3.63) is 0 Å². The zero-order valence-corrected chi connectivity index (χ0v) is 24.0. The molecule has 0 aromatic heterocycles. The van der Waals surface area contributed by atoms with Crippen LogP contribution in [-0.4, -0.2) is 126 Å². The van der Waals surface area contributed by atoms with Crippen LogP contribution in [0.5, 0.6) is 0 Å². The highest BCUT2D eigenvalue weighted by atomic mass is 16.5. The first-order valence-electron chi connectivity index (χ1n) is 14.5. The summed E-state index contributed by atoms with van der Waals surface area (Å²) >= 11 is 0. The number of rotatable bonds is 15. The number of aliphatic imine (C=N–C) groups is 1. The van der Waals surface area contributed by atoms with Gasteiger partial charge in [-0.3, -0.25) is 19.2 Å². The van der Waals surface area contributed by atoms with Crippen LogP contribution >= 0.6 is 0 Å². The highest BCUT2D eigenvalue weighted by Crippen LogP contribution is 2.26. The third-order valence-corrected chi connectivity index (χ3v) is 7.73. The Bertz CT molecular complexity index is 1020. The SMILES string of the molecule is NCCCC(N)CC(=O)NCCCC(N)CC(=O)NC1C(NC2=NC3C(=O)NCC(O)C3N2)OC(CO)C(C(N)=O)C1O. The zero-order valence-electron chi connectivity index (χ0n) is 24.0. The predicted octanol–water partition coefficient (Wildman–Crippen LogP) is -6.50. The fraction of sp³-hybridized carbons (Fsp3) is 0.800. The third-order valence-electron chi connectivity index (χ3n) is 7.73. The molecule has 10 unspecified atom stereocenters. The molecule has 3 heterocycles. The van der Waals surface area contributed by atoms with Crippen LogP contribution in [0.15, 0.2) is 4.99 Å². The largest absolute Gasteiger partial charge is 0.394 e. The monoisotopic (exact) mass is 614 g/mol. The highest BCUT2D eigenvalue weighted by molar-refractivity contribution is 5.93. The molecule has 0 aromatic rings. The van der Waals surface area contributed by atoms with E-state index >= 15 is 0 Å². The number of β-amino-alcohol motifs (C(OH)–C–C–N with tert-alkyl or cyclic N) is 1. The summed E-state index contributed by atoms with van der Waals surface area (Å²) in [6.07, 6.45) is -2.55. The molecule has 2 saturated heterocycles. The predicted molar refractivity (Wildman–Crippen MR) is 152 cm³/mol. The Balaban J connectivity index is 1.56. The number of amides is 4. The van der Waals surface area contributed by atoms with E-state index in [4.69, 9.17) is 27.7 Å². The number of hydrogen-bond acceptors (Lipinski definition) is 14. The summed E-state index contributed by atoms with van der Waals surface area (Å²) in [6.45, 7) is 0.247. The maximum atomic E-state index is 12.9. The van der Waals surface area contributed by atoms with Gasteiger partial charge in [-0.05, 0) is 32.2 Å². The van der Waals surface area contributed by atoms with E-state index < -0.39 is 79.0 Å². The first kappa shape index (κ1) is 34.4. The molecule has 10 atom stereocenters. The quantitative estimate of drug-likeness (QED) is 0.0764. The summed E-state index contributed by atoms with van der Waals surface area (Å²) in [5.41, 5.74) is 22.9. The standard InChI is InChI=1S/C25H46N10O8/c26-5-1-3-11(27)7-15(38)30-6-2-4-12(28)8-16(39)32-20-21(40)17(22(29)41)14(10-36)43-24(20)35-25-33-18-13(37)9-31-23(42)19(18)34-25/h11-14,17-21,24,36-37,40H,1-10,26-28H2,(H2,29,41)(H,30,38)(H,31,42)(H,32,39)(H2,33,34,35). The van der Waals surface area contributed by atoms with Gasteiger partial charge in [0.1, 0.15) is 6.04 Å². The minimum absolute atomic E-state index is 0.0377. The summed E-state index contributed by atoms with van der Waals surface area (Å²) in [7, 11) is 0. The van der Waals surface area contributed by atoms with E-state index in [0.29, 0.717) is 32.4 Å². The van der Waals surface area contributed by atoms with Crippen molar-refractivity contribution >= 4 is 29.6 Å². The van der Waals surface area contributed by atoms with Gasteiger partial charge in [0.15, 0.2) is 18.2 Å². The Morgan fingerprint density at radius 3 is 2.40 bits per heavy atom. The van der Waals surface area contributed by atoms with Gasteiger partial charge in [0.05, 0.1) is 36.9 Å². The number of nitrogens with one attached hydrogen (secondary N) is 5. The fourth-order valence-electron chi connectivity index (χ4n) is 5.41. The van der Waals surface area contributed by atoms with Gasteiger partial charge in [-0.25, -0.2) is 4.99 Å². The Hall–Kier alpha value is -3.13. The van der Waals surface area contributed by atoms with Crippen LogP contribution in [0.25, 0.3) is 0 Å². The summed E-state index contributed by atoms with van der Waals surface area (Å²) in [4.78, 5) is 53.5. The molecule has 18 heteroatoms. The molecule has 0 radical (unpaired) electrons. The summed E-state index contributed by atoms with van der Waals surface area (Å²) in [6, 6.07) is -3.72. The minimum atomic E-state index is -1.56. The maximum Gasteiger partial charge on any atom is 0.247 e. The maximum absolute atomic E-state index is 12.9. The molecule has 43 heavy (non-hydrogen) atoms. The third kappa shape index (κ3) is 9.43. The van der Waals surface area contributed by atoms with Gasteiger partial charge < -0.3 is 69.6 Å². The van der Waals surface area contributed by atoms with Crippen molar-refractivity contribution in [3.63, 3.8) is 0 Å². The topological polar surface area (TPSA) is 315 Å². The number of carbonyl (C=O) groups excluding carboxylic acids is 4. The second-order valence-electron chi connectivity index (χ2n) is 11.2. The molecule has 0 saturated carbocycles. The number of fused-ring (bicyclic) bond motifs is 1. The molecule has 0 aliphatic carbocycles. The number of hydrogen-bond donors (Lipinski definition) is 12. The molecule has 3 aliphatic rings. The van der Waals surface area contributed by atoms with E-state index in [1.54, 1.807) is 0 Å². The van der Waals surface area contributed by atoms with Crippen molar-refractivity contribution in [1.82, 2.24) is 26.6 Å². The average molecular weight is 615 g/mol. The lowest BCUT2D eigenvalue weighted by atomic mass is 9.86. The van der Waals surface area contributed by atoms with Crippen molar-refractivity contribution in [3.8, 4) is 0 Å². The van der Waals surface area contributed by atoms with Gasteiger partial charge in [0, 0.05) is 38.0 Å². The molecule has 18 nitrogen and oxygen atoms in total. The van der Waals surface area contributed by atoms with E-state index in [2.05, 4.69) is 31.6 Å². The van der Waals surface area contributed by atoms with Crippen molar-refractivity contribution in [2.75, 3.05) is 26.2 Å². The van der Waals surface area contributed by atoms with Crippen LogP contribution in [-0.2, 0) is 23.9 Å². The minimum Gasteiger partial charge on any atom is -0.394 e. The molecular weight excluding hydrogens is 568 g/mol. The van der Waals surface area contributed by atoms with Crippen LogP contribution in [0.3, 0.4) is 0 Å². The van der Waals surface area contributed by atoms with Gasteiger partial charge in [-0.2, -0.15) is 0 Å². The number of ether oxygens (including phenoxy) is 1. The first-order valence-corrected chi connectivity index (χ1v) is 14.5. The molecule has 3 aliphatic heterocycles. The zero-order chi connectivity index (χ0) is 31.7. The van der Waals surface area contributed by atoms with E-state index in [1.807, 2.05) is 0 Å². The number of primary amides is 1. The van der Waals surface area contributed by atoms with Gasteiger partial charge in [-0.1, -0.05) is 0 Å². The molecular formula is C25H46N10O8. The van der Waals surface area contributed by atoms with Crippen LogP contribution < -0.4 is 49.5 Å². The number of carbonyl (C=O) groups is 4. The molecule has 4 amide bonds. The molecule has 16 N–H and O–H groups in total. The summed E-state index contributed by atoms with van der Waals surface area (Å²) in [5, 5.41) is 44.8. The smallest absolute Gasteiger partial charge is 0.247 e. The average Bonchev–Trinajstić information content (AvgIpc) is 3.38. The number of aliphatic hydroxyl groups is 3. The Kier molecular flexibility index (Phi) is 12.9. The van der Waals surface area contributed by atoms with Gasteiger partial charge in [-0.15, -0.1) is 0 Å². The number of nitrogens with two attached hydrogens (primary N) is 4. The van der Waals surface area contributed by atoms with Gasteiger partial charge in [0.2, 0.25) is 23.6 Å². The van der Waals surface area contributed by atoms with E-state index in [0.717, 1.165) is 6.42 Å². The Morgan fingerprint density at radius 2 is 1.77 bits per heavy atom. The van der Waals surface area contributed by atoms with Crippen molar-refractivity contribution in [2.24, 2.45) is 33.8 Å². The molecule has 0 spiro atoms. The molecule has 0 aromatic carbocycles. The fourth-order valence-corrected chi connectivity index (χ4v) is 5.41. The normalized spacial score (nSPS) is 31.5. The Labute approximate surface area is 249 Å². The second-order valence-corrected chi connectivity index (χ2v) is 11.2. The summed E-state index contributed by atoms with van der Waals surface area (Å²) < 4.78 is 5.81. The molecule has 244 valence electrons. The first-order chi connectivity index (χ1) is 20.4. The number of guanidine groups is 1. The molecule has 3 rings (SSSR count). The molecule has 2 fully saturated rings. The van der Waals surface area contributed by atoms with Crippen LogP contribution in [0, 0.1) is 5.92 Å². The van der Waals surface area contributed by atoms with Crippen molar-refractivity contribution < 1.29 is 39.2 Å². The molecule has 0 bridgehead atoms. The van der Waals surface area contributed by atoms with Crippen LogP contribution in [0.1, 0.15) is 38.5 Å². The van der Waals surface area contributed by atoms with Gasteiger partial charge in [0.25, 0.3) is 0 Å². The Morgan fingerprint density at radius 1 is 1.09 bits per heavy atom. The van der Waals surface area contributed by atoms with Crippen LogP contribution in [0.4, 0.5) is 0 Å². The summed E-state index contributed by atoms with van der Waals surface area (Å²) in [5.74, 6) is -3.36. The highest BCUT2D eigenvalue weighted by Gasteiger charge is 2.50. The van der Waals surface area contributed by atoms with E-state index in [-0.39, 0.29) is 37.3 Å². The number of piperidine rings is 1. The van der Waals surface area contributed by atoms with E-state index in [9.17, 15) is 34.5 Å². The van der Waals surface area contributed by atoms with Crippen molar-refractivity contribution in [1.29, 1.82) is 0 Å². The van der Waals surface area contributed by atoms with Gasteiger partial charge >= 0.3 is 0 Å². The van der Waals surface area contributed by atoms with E-state index in [1.165, 1.54) is 0 Å². The number of aliphatic hydroxyl groups excluding tert-OH is 3.